The summed E-state index contributed by atoms with van der Waals surface area (Å²) >= 11 is 0. The fourth-order valence-electron chi connectivity index (χ4n) is 0.816. The van der Waals surface area contributed by atoms with Crippen LogP contribution in [-0.4, -0.2) is 42.1 Å². The lowest BCUT2D eigenvalue weighted by Gasteiger charge is -2.21. The summed E-state index contributed by atoms with van der Waals surface area (Å²) in [5.74, 6) is -0.712. The molecule has 1 rings (SSSR count). The molecule has 1 aliphatic heterocycles. The van der Waals surface area contributed by atoms with Crippen molar-refractivity contribution >= 4 is 5.97 Å². The largest absolute Gasteiger partial charge is 0.484 e. The number of esters is 1. The topological polar surface area (TPSA) is 76.0 Å². The van der Waals surface area contributed by atoms with Gasteiger partial charge in [0.25, 0.3) is 0 Å². The van der Waals surface area contributed by atoms with E-state index in [0.717, 1.165) is 6.08 Å². The maximum atomic E-state index is 10.8. The van der Waals surface area contributed by atoms with Crippen LogP contribution >= 0.6 is 0 Å². The number of ether oxygens (including phenoxy) is 2. The minimum atomic E-state index is -1.06. The Balaban J connectivity index is 2.68. The Bertz CT molecular complexity index is 210. The molecule has 5 nitrogen and oxygen atoms in total. The lowest BCUT2D eigenvalue weighted by atomic mass is 10.1. The molecule has 0 spiro atoms. The summed E-state index contributed by atoms with van der Waals surface area (Å²) in [6.07, 6.45) is -0.911. The number of carbonyl (C=O) groups is 1. The van der Waals surface area contributed by atoms with Gasteiger partial charge in [-0.15, -0.1) is 0 Å². The third-order valence-corrected chi connectivity index (χ3v) is 1.51. The molecule has 0 aromatic rings. The summed E-state index contributed by atoms with van der Waals surface area (Å²) < 4.78 is 9.14. The van der Waals surface area contributed by atoms with Gasteiger partial charge in [0.15, 0.2) is 0 Å². The summed E-state index contributed by atoms with van der Waals surface area (Å²) in [7, 11) is 1.21. The van der Waals surface area contributed by atoms with E-state index in [-0.39, 0.29) is 12.4 Å². The van der Waals surface area contributed by atoms with E-state index in [1.165, 1.54) is 7.11 Å². The highest BCUT2D eigenvalue weighted by Gasteiger charge is 2.25. The number of aliphatic hydroxyl groups excluding tert-OH is 2. The Kier molecular flexibility index (Phi) is 2.67. The number of hydrogen-bond donors (Lipinski definition) is 2. The van der Waals surface area contributed by atoms with Crippen molar-refractivity contribution in [2.45, 2.75) is 12.2 Å². The first-order chi connectivity index (χ1) is 5.65. The van der Waals surface area contributed by atoms with Gasteiger partial charge in [0.1, 0.15) is 18.8 Å². The lowest BCUT2D eigenvalue weighted by molar-refractivity contribution is -0.142. The van der Waals surface area contributed by atoms with Crippen molar-refractivity contribution in [2.24, 2.45) is 0 Å². The molecule has 1 aliphatic rings. The average molecular weight is 174 g/mol. The number of methoxy groups -OCH3 is 1. The summed E-state index contributed by atoms with van der Waals surface area (Å²) in [6, 6.07) is 0. The van der Waals surface area contributed by atoms with E-state index in [1.807, 2.05) is 0 Å². The van der Waals surface area contributed by atoms with E-state index in [9.17, 15) is 4.79 Å². The average Bonchev–Trinajstić information content (AvgIpc) is 2.08. The van der Waals surface area contributed by atoms with Crippen molar-refractivity contribution in [3.63, 3.8) is 0 Å². The van der Waals surface area contributed by atoms with E-state index in [1.54, 1.807) is 0 Å². The Morgan fingerprint density at radius 3 is 2.92 bits per heavy atom. The van der Waals surface area contributed by atoms with Crippen molar-refractivity contribution < 1.29 is 24.5 Å². The maximum absolute atomic E-state index is 10.8. The van der Waals surface area contributed by atoms with Gasteiger partial charge in [-0.1, -0.05) is 0 Å². The Morgan fingerprint density at radius 2 is 2.42 bits per heavy atom. The van der Waals surface area contributed by atoms with Crippen LogP contribution in [0.25, 0.3) is 0 Å². The van der Waals surface area contributed by atoms with Gasteiger partial charge in [0.05, 0.1) is 7.11 Å². The Labute approximate surface area is 69.2 Å². The minimum Gasteiger partial charge on any atom is -0.484 e. The molecule has 0 amide bonds. The van der Waals surface area contributed by atoms with Crippen molar-refractivity contribution in [3.05, 3.63) is 11.8 Å². The van der Waals surface area contributed by atoms with Crippen molar-refractivity contribution in [1.82, 2.24) is 0 Å². The van der Waals surface area contributed by atoms with Gasteiger partial charge in [-0.2, -0.15) is 0 Å². The van der Waals surface area contributed by atoms with Crippen LogP contribution in [0.3, 0.4) is 0 Å². The molecule has 2 atom stereocenters. The van der Waals surface area contributed by atoms with Gasteiger partial charge in [-0.25, -0.2) is 4.79 Å². The highest BCUT2D eigenvalue weighted by atomic mass is 16.6. The first-order valence-electron chi connectivity index (χ1n) is 3.44. The molecule has 2 N–H and O–H groups in total. The predicted octanol–water partition coefficient (Wildman–Crippen LogP) is -1.20. The highest BCUT2D eigenvalue weighted by Crippen LogP contribution is 2.12. The summed E-state index contributed by atoms with van der Waals surface area (Å²) in [6.45, 7) is -0.0951. The van der Waals surface area contributed by atoms with Crippen LogP contribution in [0.2, 0.25) is 0 Å². The van der Waals surface area contributed by atoms with E-state index >= 15 is 0 Å². The molecule has 5 heteroatoms. The van der Waals surface area contributed by atoms with E-state index in [2.05, 4.69) is 4.74 Å². The number of hydrogen-bond acceptors (Lipinski definition) is 5. The fraction of sp³-hybridized carbons (Fsp3) is 0.571. The smallest absolute Gasteiger partial charge is 0.373 e. The van der Waals surface area contributed by atoms with Crippen LogP contribution < -0.4 is 0 Å². The van der Waals surface area contributed by atoms with Crippen LogP contribution in [0.5, 0.6) is 0 Å². The fourth-order valence-corrected chi connectivity index (χ4v) is 0.816. The molecule has 0 aromatic carbocycles. The molecule has 0 bridgehead atoms. The van der Waals surface area contributed by atoms with Crippen molar-refractivity contribution in [1.29, 1.82) is 0 Å². The molecule has 0 saturated carbocycles. The van der Waals surface area contributed by atoms with Gasteiger partial charge >= 0.3 is 5.97 Å². The van der Waals surface area contributed by atoms with Crippen LogP contribution in [0.15, 0.2) is 11.8 Å². The zero-order valence-electron chi connectivity index (χ0n) is 6.56. The van der Waals surface area contributed by atoms with Gasteiger partial charge in [0.2, 0.25) is 5.76 Å². The number of rotatable bonds is 1. The Hall–Kier alpha value is -1.07. The van der Waals surface area contributed by atoms with Gasteiger partial charge in [0, 0.05) is 0 Å². The molecule has 12 heavy (non-hydrogen) atoms. The summed E-state index contributed by atoms with van der Waals surface area (Å²) in [4.78, 5) is 10.8. The minimum absolute atomic E-state index is 0.0599. The molecular weight excluding hydrogens is 164 g/mol. The number of aliphatic hydroxyl groups is 2. The molecule has 0 aromatic heterocycles. The lowest BCUT2D eigenvalue weighted by Crippen LogP contribution is -2.34. The predicted molar refractivity (Wildman–Crippen MR) is 38.1 cm³/mol. The monoisotopic (exact) mass is 174 g/mol. The second kappa shape index (κ2) is 3.55. The molecule has 0 fully saturated rings. The van der Waals surface area contributed by atoms with Gasteiger partial charge in [-0.05, 0) is 6.08 Å². The zero-order valence-corrected chi connectivity index (χ0v) is 6.56. The standard InChI is InChI=1S/C7H10O5/c1-11-7(10)6-2-4(8)5(9)3-12-6/h2,4-5,8-9H,3H2,1H3. The van der Waals surface area contributed by atoms with Crippen LogP contribution in [0.1, 0.15) is 0 Å². The molecule has 0 radical (unpaired) electrons. The zero-order chi connectivity index (χ0) is 9.14. The van der Waals surface area contributed by atoms with Gasteiger partial charge in [-0.3, -0.25) is 0 Å². The van der Waals surface area contributed by atoms with Crippen LogP contribution in [0, 0.1) is 0 Å². The second-order valence-electron chi connectivity index (χ2n) is 2.39. The maximum Gasteiger partial charge on any atom is 0.373 e. The molecule has 1 heterocycles. The molecule has 2 unspecified atom stereocenters. The third-order valence-electron chi connectivity index (χ3n) is 1.51. The highest BCUT2D eigenvalue weighted by molar-refractivity contribution is 5.86. The van der Waals surface area contributed by atoms with Crippen molar-refractivity contribution in [2.75, 3.05) is 13.7 Å². The molecular formula is C7H10O5. The van der Waals surface area contributed by atoms with E-state index in [0.29, 0.717) is 0 Å². The van der Waals surface area contributed by atoms with Crippen LogP contribution in [0.4, 0.5) is 0 Å². The van der Waals surface area contributed by atoms with Crippen molar-refractivity contribution in [3.8, 4) is 0 Å². The van der Waals surface area contributed by atoms with E-state index in [4.69, 9.17) is 14.9 Å². The molecule has 68 valence electrons. The summed E-state index contributed by atoms with van der Waals surface area (Å²) in [5.41, 5.74) is 0. The normalized spacial score (nSPS) is 28.8. The number of carbonyl (C=O) groups excluding carboxylic acids is 1. The van der Waals surface area contributed by atoms with Crippen LogP contribution in [-0.2, 0) is 14.3 Å². The quantitative estimate of drug-likeness (QED) is 0.488. The SMILES string of the molecule is COC(=O)C1=CC(O)C(O)CO1. The van der Waals surface area contributed by atoms with Gasteiger partial charge < -0.3 is 19.7 Å². The Morgan fingerprint density at radius 1 is 1.75 bits per heavy atom. The first kappa shape index (κ1) is 9.02. The summed E-state index contributed by atoms with van der Waals surface area (Å²) in [5, 5.41) is 18.1. The molecule has 0 saturated heterocycles. The molecule has 0 aliphatic carbocycles. The third kappa shape index (κ3) is 1.75. The second-order valence-corrected chi connectivity index (χ2v) is 2.39. The van der Waals surface area contributed by atoms with E-state index < -0.39 is 18.2 Å². The first-order valence-corrected chi connectivity index (χ1v) is 3.44.